The summed E-state index contributed by atoms with van der Waals surface area (Å²) in [6.07, 6.45) is -3.99. The molecule has 3 nitrogen and oxygen atoms in total. The van der Waals surface area contributed by atoms with Gasteiger partial charge in [0.2, 0.25) is 0 Å². The summed E-state index contributed by atoms with van der Waals surface area (Å²) in [5.74, 6) is -3.81. The van der Waals surface area contributed by atoms with Crippen LogP contribution in [0.3, 0.4) is 0 Å². The number of hydrogen-bond donors (Lipinski definition) is 2. The van der Waals surface area contributed by atoms with Crippen molar-refractivity contribution < 1.29 is 23.1 Å². The second-order valence-electron chi connectivity index (χ2n) is 4.37. The summed E-state index contributed by atoms with van der Waals surface area (Å²) < 4.78 is 36.8. The Bertz CT molecular complexity index is 229. The Morgan fingerprint density at radius 1 is 1.31 bits per heavy atom. The van der Waals surface area contributed by atoms with Crippen LogP contribution in [0.15, 0.2) is 0 Å². The van der Waals surface area contributed by atoms with Gasteiger partial charge >= 0.3 is 12.1 Å². The van der Waals surface area contributed by atoms with Gasteiger partial charge in [-0.1, -0.05) is 13.8 Å². The Hall–Kier alpha value is -0.780. The molecule has 0 fully saturated rings. The van der Waals surface area contributed by atoms with Crippen LogP contribution in [0.4, 0.5) is 13.2 Å². The Balaban J connectivity index is 4.19. The number of alkyl halides is 3. The summed E-state index contributed by atoms with van der Waals surface area (Å²) in [5, 5.41) is 11.0. The van der Waals surface area contributed by atoms with Gasteiger partial charge in [-0.05, 0) is 19.3 Å². The van der Waals surface area contributed by atoms with Crippen molar-refractivity contribution in [1.29, 1.82) is 0 Å². The number of halogens is 3. The van der Waals surface area contributed by atoms with Crippen molar-refractivity contribution in [3.63, 3.8) is 0 Å². The fraction of sp³-hybridized carbons (Fsp3) is 0.900. The normalized spacial score (nSPS) is 16.2. The molecule has 96 valence electrons. The lowest BCUT2D eigenvalue weighted by atomic mass is 10.0. The van der Waals surface area contributed by atoms with Crippen LogP contribution in [0.2, 0.25) is 0 Å². The third-order valence-corrected chi connectivity index (χ3v) is 2.19. The molecule has 0 radical (unpaired) electrons. The Morgan fingerprint density at radius 3 is 2.12 bits per heavy atom. The van der Waals surface area contributed by atoms with Crippen molar-refractivity contribution >= 4 is 5.97 Å². The summed E-state index contributed by atoms with van der Waals surface area (Å²) in [5.41, 5.74) is 0. The fourth-order valence-electron chi connectivity index (χ4n) is 1.45. The SMILES string of the molecule is CC(C)CC(C)NCC(C(=O)O)C(F)(F)F. The van der Waals surface area contributed by atoms with E-state index < -0.39 is 24.6 Å². The molecule has 2 unspecified atom stereocenters. The molecule has 0 aliphatic rings. The molecule has 0 amide bonds. The molecule has 16 heavy (non-hydrogen) atoms. The zero-order chi connectivity index (χ0) is 12.9. The van der Waals surface area contributed by atoms with E-state index in [0.29, 0.717) is 12.3 Å². The summed E-state index contributed by atoms with van der Waals surface area (Å²) in [4.78, 5) is 10.4. The summed E-state index contributed by atoms with van der Waals surface area (Å²) >= 11 is 0. The lowest BCUT2D eigenvalue weighted by Gasteiger charge is -2.20. The van der Waals surface area contributed by atoms with E-state index in [4.69, 9.17) is 5.11 Å². The quantitative estimate of drug-likeness (QED) is 0.750. The van der Waals surface area contributed by atoms with E-state index in [2.05, 4.69) is 5.32 Å². The Morgan fingerprint density at radius 2 is 1.81 bits per heavy atom. The average Bonchev–Trinajstić information content (AvgIpc) is 1.98. The molecule has 2 N–H and O–H groups in total. The highest BCUT2D eigenvalue weighted by molar-refractivity contribution is 5.71. The first-order valence-corrected chi connectivity index (χ1v) is 5.17. The largest absolute Gasteiger partial charge is 0.481 e. The molecular weight excluding hydrogens is 223 g/mol. The van der Waals surface area contributed by atoms with Gasteiger partial charge in [0.25, 0.3) is 0 Å². The molecule has 2 atom stereocenters. The smallest absolute Gasteiger partial charge is 0.403 e. The van der Waals surface area contributed by atoms with Gasteiger partial charge in [-0.2, -0.15) is 13.2 Å². The van der Waals surface area contributed by atoms with Gasteiger partial charge < -0.3 is 10.4 Å². The van der Waals surface area contributed by atoms with Gasteiger partial charge in [0.15, 0.2) is 5.92 Å². The van der Waals surface area contributed by atoms with Gasteiger partial charge in [0, 0.05) is 12.6 Å². The number of carbonyl (C=O) groups is 1. The van der Waals surface area contributed by atoms with Crippen LogP contribution in [-0.2, 0) is 4.79 Å². The van der Waals surface area contributed by atoms with Crippen LogP contribution in [0, 0.1) is 11.8 Å². The number of rotatable bonds is 6. The maximum atomic E-state index is 12.3. The minimum Gasteiger partial charge on any atom is -0.481 e. The van der Waals surface area contributed by atoms with Gasteiger partial charge in [-0.15, -0.1) is 0 Å². The van der Waals surface area contributed by atoms with E-state index in [9.17, 15) is 18.0 Å². The van der Waals surface area contributed by atoms with Crippen LogP contribution in [0.25, 0.3) is 0 Å². The Labute approximate surface area is 93.0 Å². The van der Waals surface area contributed by atoms with Gasteiger partial charge in [-0.25, -0.2) is 0 Å². The molecule has 6 heteroatoms. The van der Waals surface area contributed by atoms with E-state index in [1.54, 1.807) is 6.92 Å². The number of carboxylic acids is 1. The van der Waals surface area contributed by atoms with Crippen molar-refractivity contribution in [2.24, 2.45) is 11.8 Å². The predicted molar refractivity (Wildman–Crippen MR) is 54.1 cm³/mol. The minimum absolute atomic E-state index is 0.121. The second-order valence-corrected chi connectivity index (χ2v) is 4.37. The zero-order valence-electron chi connectivity index (χ0n) is 9.64. The molecule has 0 aromatic heterocycles. The van der Waals surface area contributed by atoms with E-state index in [1.165, 1.54) is 0 Å². The molecule has 0 aromatic rings. The molecule has 0 saturated heterocycles. The molecule has 0 aliphatic carbocycles. The average molecular weight is 241 g/mol. The third kappa shape index (κ3) is 5.95. The standard InChI is InChI=1S/C10H18F3NO2/c1-6(2)4-7(3)14-5-8(9(15)16)10(11,12)13/h6-8,14H,4-5H2,1-3H3,(H,15,16). The zero-order valence-corrected chi connectivity index (χ0v) is 9.64. The highest BCUT2D eigenvalue weighted by Crippen LogP contribution is 2.26. The van der Waals surface area contributed by atoms with Crippen molar-refractivity contribution in [3.8, 4) is 0 Å². The first-order valence-electron chi connectivity index (χ1n) is 5.17. The fourth-order valence-corrected chi connectivity index (χ4v) is 1.45. The summed E-state index contributed by atoms with van der Waals surface area (Å²) in [6, 6.07) is -0.121. The van der Waals surface area contributed by atoms with E-state index in [1.807, 2.05) is 13.8 Å². The van der Waals surface area contributed by atoms with Crippen molar-refractivity contribution in [2.75, 3.05) is 6.54 Å². The highest BCUT2D eigenvalue weighted by atomic mass is 19.4. The number of carboxylic acid groups (broad SMARTS) is 1. The summed E-state index contributed by atoms with van der Waals surface area (Å²) in [6.45, 7) is 5.08. The highest BCUT2D eigenvalue weighted by Gasteiger charge is 2.44. The third-order valence-electron chi connectivity index (χ3n) is 2.19. The van der Waals surface area contributed by atoms with Crippen LogP contribution < -0.4 is 5.32 Å². The van der Waals surface area contributed by atoms with Gasteiger partial charge in [0.05, 0.1) is 0 Å². The first-order chi connectivity index (χ1) is 7.14. The van der Waals surface area contributed by atoms with Gasteiger partial charge in [-0.3, -0.25) is 4.79 Å². The van der Waals surface area contributed by atoms with E-state index in [-0.39, 0.29) is 6.04 Å². The predicted octanol–water partition coefficient (Wildman–Crippen LogP) is 2.27. The van der Waals surface area contributed by atoms with Crippen LogP contribution in [0.5, 0.6) is 0 Å². The lowest BCUT2D eigenvalue weighted by Crippen LogP contribution is -2.42. The second kappa shape index (κ2) is 6.08. The molecule has 0 bridgehead atoms. The van der Waals surface area contributed by atoms with Crippen LogP contribution in [0.1, 0.15) is 27.2 Å². The lowest BCUT2D eigenvalue weighted by molar-refractivity contribution is -0.192. The monoisotopic (exact) mass is 241 g/mol. The molecule has 0 spiro atoms. The maximum Gasteiger partial charge on any atom is 0.403 e. The molecular formula is C10H18F3NO2. The molecule has 0 aliphatic heterocycles. The first kappa shape index (κ1) is 15.2. The van der Waals surface area contributed by atoms with E-state index in [0.717, 1.165) is 0 Å². The Kier molecular flexibility index (Phi) is 5.78. The minimum atomic E-state index is -4.70. The van der Waals surface area contributed by atoms with Gasteiger partial charge in [0.1, 0.15) is 0 Å². The van der Waals surface area contributed by atoms with Crippen molar-refractivity contribution in [1.82, 2.24) is 5.32 Å². The number of aliphatic carboxylic acids is 1. The van der Waals surface area contributed by atoms with Crippen LogP contribution in [-0.4, -0.2) is 29.8 Å². The van der Waals surface area contributed by atoms with Crippen molar-refractivity contribution in [3.05, 3.63) is 0 Å². The topological polar surface area (TPSA) is 49.3 Å². The summed E-state index contributed by atoms with van der Waals surface area (Å²) in [7, 11) is 0. The van der Waals surface area contributed by atoms with E-state index >= 15 is 0 Å². The molecule has 0 heterocycles. The molecule has 0 rings (SSSR count). The van der Waals surface area contributed by atoms with Crippen LogP contribution >= 0.6 is 0 Å². The molecule has 0 saturated carbocycles. The molecule has 0 aromatic carbocycles. The maximum absolute atomic E-state index is 12.3. The number of nitrogens with one attached hydrogen (secondary N) is 1. The van der Waals surface area contributed by atoms with Crippen molar-refractivity contribution in [2.45, 2.75) is 39.4 Å². The number of hydrogen-bond acceptors (Lipinski definition) is 2.